The Morgan fingerprint density at radius 3 is 2.55 bits per heavy atom. The fraction of sp³-hybridized carbons (Fsp3) is 0.0500. The van der Waals surface area contributed by atoms with Crippen LogP contribution in [0.15, 0.2) is 60.0 Å². The summed E-state index contributed by atoms with van der Waals surface area (Å²) in [6, 6.07) is 16.2. The van der Waals surface area contributed by atoms with Crippen molar-refractivity contribution >= 4 is 44.8 Å². The van der Waals surface area contributed by atoms with Crippen LogP contribution in [-0.4, -0.2) is 19.9 Å². The molecule has 2 N–H and O–H groups in total. The molecule has 144 valence electrons. The second-order valence-electron chi connectivity index (χ2n) is 6.33. The second kappa shape index (κ2) is 6.56. The molecule has 9 heteroatoms. The summed E-state index contributed by atoms with van der Waals surface area (Å²) in [4.78, 5) is 16.1. The summed E-state index contributed by atoms with van der Waals surface area (Å²) in [5.74, 6) is 0.147. The molecule has 0 aliphatic carbocycles. The molecular weight excluding hydrogens is 399 g/mol. The molecule has 0 spiro atoms. The van der Waals surface area contributed by atoms with Crippen LogP contribution in [0.3, 0.4) is 0 Å². The van der Waals surface area contributed by atoms with E-state index in [1.165, 1.54) is 17.4 Å². The number of H-pyrrole nitrogens is 1. The van der Waals surface area contributed by atoms with Gasteiger partial charge in [0.25, 0.3) is 0 Å². The standard InChI is InChI=1S/C20H12F3N5S/c21-20(22,23)19-26-14-8-7-11(10-15(14)27-19)24-17-12-4-1-2-5-13(12)25-18(28-17)16-6-3-9-29-16/h1-10H,(H,26,27)(H,24,25,28). The molecule has 29 heavy (non-hydrogen) atoms. The van der Waals surface area contributed by atoms with Crippen molar-refractivity contribution in [2.24, 2.45) is 0 Å². The van der Waals surface area contributed by atoms with Crippen molar-refractivity contribution in [1.29, 1.82) is 0 Å². The Morgan fingerprint density at radius 1 is 0.897 bits per heavy atom. The van der Waals surface area contributed by atoms with E-state index in [0.29, 0.717) is 22.8 Å². The lowest BCUT2D eigenvalue weighted by atomic mass is 10.2. The summed E-state index contributed by atoms with van der Waals surface area (Å²) in [5, 5.41) is 5.98. The van der Waals surface area contributed by atoms with Crippen molar-refractivity contribution < 1.29 is 13.2 Å². The largest absolute Gasteiger partial charge is 0.449 e. The number of aromatic amines is 1. The number of thiophene rings is 1. The lowest BCUT2D eigenvalue weighted by Crippen LogP contribution is -2.06. The third-order valence-electron chi connectivity index (χ3n) is 4.36. The van der Waals surface area contributed by atoms with E-state index in [0.717, 1.165) is 15.8 Å². The van der Waals surface area contributed by atoms with Gasteiger partial charge >= 0.3 is 6.18 Å². The highest BCUT2D eigenvalue weighted by Crippen LogP contribution is 2.32. The topological polar surface area (TPSA) is 66.5 Å². The average Bonchev–Trinajstić information content (AvgIpc) is 3.37. The minimum absolute atomic E-state index is 0.245. The van der Waals surface area contributed by atoms with Crippen molar-refractivity contribution in [1.82, 2.24) is 19.9 Å². The maximum atomic E-state index is 12.9. The number of fused-ring (bicyclic) bond motifs is 2. The molecule has 3 heterocycles. The number of halogens is 3. The van der Waals surface area contributed by atoms with Crippen LogP contribution in [0, 0.1) is 0 Å². The summed E-state index contributed by atoms with van der Waals surface area (Å²) in [6.07, 6.45) is -4.52. The van der Waals surface area contributed by atoms with E-state index >= 15 is 0 Å². The number of nitrogens with zero attached hydrogens (tertiary/aromatic N) is 3. The molecule has 2 aromatic carbocycles. The molecule has 3 aromatic heterocycles. The molecule has 5 nitrogen and oxygen atoms in total. The van der Waals surface area contributed by atoms with E-state index in [1.54, 1.807) is 12.1 Å². The van der Waals surface area contributed by atoms with Crippen molar-refractivity contribution in [3.63, 3.8) is 0 Å². The van der Waals surface area contributed by atoms with E-state index in [9.17, 15) is 13.2 Å². The number of benzene rings is 2. The van der Waals surface area contributed by atoms with Crippen LogP contribution in [-0.2, 0) is 6.18 Å². The minimum Gasteiger partial charge on any atom is -0.340 e. The summed E-state index contributed by atoms with van der Waals surface area (Å²) in [5.41, 5.74) is 1.90. The first-order valence-corrected chi connectivity index (χ1v) is 9.50. The molecule has 0 bridgehead atoms. The Bertz CT molecular complexity index is 1330. The maximum Gasteiger partial charge on any atom is 0.449 e. The molecule has 0 saturated carbocycles. The first kappa shape index (κ1) is 17.6. The van der Waals surface area contributed by atoms with Gasteiger partial charge in [0.2, 0.25) is 5.82 Å². The first-order valence-electron chi connectivity index (χ1n) is 8.62. The average molecular weight is 411 g/mol. The first-order chi connectivity index (χ1) is 14.0. The summed E-state index contributed by atoms with van der Waals surface area (Å²) in [7, 11) is 0. The monoisotopic (exact) mass is 411 g/mol. The number of anilines is 2. The highest BCUT2D eigenvalue weighted by molar-refractivity contribution is 7.13. The number of nitrogens with one attached hydrogen (secondary N) is 2. The van der Waals surface area contributed by atoms with Crippen molar-refractivity contribution in [2.75, 3.05) is 5.32 Å². The summed E-state index contributed by atoms with van der Waals surface area (Å²) < 4.78 is 38.7. The maximum absolute atomic E-state index is 12.9. The molecule has 5 rings (SSSR count). The highest BCUT2D eigenvalue weighted by Gasteiger charge is 2.34. The van der Waals surface area contributed by atoms with Gasteiger partial charge in [0.15, 0.2) is 5.82 Å². The van der Waals surface area contributed by atoms with Gasteiger partial charge in [0, 0.05) is 11.1 Å². The van der Waals surface area contributed by atoms with Crippen LogP contribution in [0.2, 0.25) is 0 Å². The van der Waals surface area contributed by atoms with Crippen LogP contribution in [0.1, 0.15) is 5.82 Å². The Kier molecular flexibility index (Phi) is 3.99. The molecule has 0 radical (unpaired) electrons. The molecule has 0 aliphatic heterocycles. The number of rotatable bonds is 3. The zero-order valence-electron chi connectivity index (χ0n) is 14.7. The third-order valence-corrected chi connectivity index (χ3v) is 5.22. The predicted octanol–water partition coefficient (Wildman–Crippen LogP) is 6.00. The Labute approximate surface area is 166 Å². The molecule has 0 aliphatic rings. The molecule has 0 amide bonds. The van der Waals surface area contributed by atoms with E-state index < -0.39 is 12.0 Å². The zero-order chi connectivity index (χ0) is 20.0. The second-order valence-corrected chi connectivity index (χ2v) is 7.28. The molecule has 0 unspecified atom stereocenters. The van der Waals surface area contributed by atoms with Crippen molar-refractivity contribution in [3.05, 3.63) is 65.8 Å². The number of hydrogen-bond donors (Lipinski definition) is 2. The van der Waals surface area contributed by atoms with Crippen LogP contribution >= 0.6 is 11.3 Å². The summed E-state index contributed by atoms with van der Waals surface area (Å²) >= 11 is 1.53. The smallest absolute Gasteiger partial charge is 0.340 e. The van der Waals surface area contributed by atoms with Crippen LogP contribution in [0.4, 0.5) is 24.7 Å². The lowest BCUT2D eigenvalue weighted by Gasteiger charge is -2.10. The van der Waals surface area contributed by atoms with E-state index in [-0.39, 0.29) is 5.52 Å². The molecule has 0 atom stereocenters. The fourth-order valence-electron chi connectivity index (χ4n) is 3.05. The van der Waals surface area contributed by atoms with Crippen molar-refractivity contribution in [3.8, 4) is 10.7 Å². The van der Waals surface area contributed by atoms with Gasteiger partial charge in [0.05, 0.1) is 21.4 Å². The van der Waals surface area contributed by atoms with Gasteiger partial charge in [-0.05, 0) is 41.8 Å². The number of imidazole rings is 1. The van der Waals surface area contributed by atoms with E-state index in [2.05, 4.69) is 25.3 Å². The molecule has 5 aromatic rings. The van der Waals surface area contributed by atoms with Gasteiger partial charge in [0.1, 0.15) is 5.82 Å². The van der Waals surface area contributed by atoms with Gasteiger partial charge in [-0.1, -0.05) is 18.2 Å². The quantitative estimate of drug-likeness (QED) is 0.382. The predicted molar refractivity (Wildman–Crippen MR) is 107 cm³/mol. The Balaban J connectivity index is 1.59. The highest BCUT2D eigenvalue weighted by atomic mass is 32.1. The number of para-hydroxylation sites is 1. The van der Waals surface area contributed by atoms with Gasteiger partial charge in [-0.15, -0.1) is 11.3 Å². The van der Waals surface area contributed by atoms with E-state index in [4.69, 9.17) is 0 Å². The summed E-state index contributed by atoms with van der Waals surface area (Å²) in [6.45, 7) is 0. The number of hydrogen-bond acceptors (Lipinski definition) is 5. The van der Waals surface area contributed by atoms with Crippen LogP contribution in [0.5, 0.6) is 0 Å². The van der Waals surface area contributed by atoms with Crippen LogP contribution < -0.4 is 5.32 Å². The Morgan fingerprint density at radius 2 is 1.76 bits per heavy atom. The van der Waals surface area contributed by atoms with Crippen LogP contribution in [0.25, 0.3) is 32.6 Å². The third kappa shape index (κ3) is 3.29. The minimum atomic E-state index is -4.52. The van der Waals surface area contributed by atoms with E-state index in [1.807, 2.05) is 41.8 Å². The normalized spacial score (nSPS) is 12.0. The van der Waals surface area contributed by atoms with Gasteiger partial charge < -0.3 is 10.3 Å². The SMILES string of the molecule is FC(F)(F)c1nc2ccc(Nc3nc(-c4cccs4)nc4ccccc34)cc2[nH]1. The number of alkyl halides is 3. The van der Waals surface area contributed by atoms with Gasteiger partial charge in [-0.2, -0.15) is 13.2 Å². The lowest BCUT2D eigenvalue weighted by molar-refractivity contribution is -0.144. The molecule has 0 saturated heterocycles. The Hall–Kier alpha value is -3.46. The molecular formula is C20H12F3N5S. The van der Waals surface area contributed by atoms with Gasteiger partial charge in [-0.3, -0.25) is 0 Å². The fourth-order valence-corrected chi connectivity index (χ4v) is 3.70. The number of aromatic nitrogens is 4. The van der Waals surface area contributed by atoms with Crippen molar-refractivity contribution in [2.45, 2.75) is 6.18 Å². The molecule has 0 fully saturated rings. The van der Waals surface area contributed by atoms with Gasteiger partial charge in [-0.25, -0.2) is 15.0 Å². The zero-order valence-corrected chi connectivity index (χ0v) is 15.5.